The van der Waals surface area contributed by atoms with Crippen molar-refractivity contribution in [2.24, 2.45) is 0 Å². The molecule has 0 unspecified atom stereocenters. The van der Waals surface area contributed by atoms with Gasteiger partial charge in [-0.15, -0.1) is 0 Å². The van der Waals surface area contributed by atoms with Crippen molar-refractivity contribution in [3.05, 3.63) is 60.0 Å². The van der Waals surface area contributed by atoms with Crippen LogP contribution in [0.1, 0.15) is 11.3 Å². The minimum atomic E-state index is -3.58. The first kappa shape index (κ1) is 13.3. The van der Waals surface area contributed by atoms with Gasteiger partial charge >= 0.3 is 0 Å². The van der Waals surface area contributed by atoms with Gasteiger partial charge in [-0.3, -0.25) is 0 Å². The predicted octanol–water partition coefficient (Wildman–Crippen LogP) is 1.68. The fourth-order valence-electron chi connectivity index (χ4n) is 2.02. The number of rotatable bonds is 3. The Hall–Kier alpha value is -2.72. The lowest BCUT2D eigenvalue weighted by molar-refractivity contribution is 0.588. The smallest absolute Gasteiger partial charge is 0.233 e. The molecule has 1 aromatic carbocycles. The highest BCUT2D eigenvalue weighted by Gasteiger charge is 2.18. The molecule has 0 amide bonds. The molecule has 0 aliphatic rings. The van der Waals surface area contributed by atoms with Gasteiger partial charge in [0.05, 0.1) is 11.9 Å². The Morgan fingerprint density at radius 2 is 1.95 bits per heavy atom. The maximum absolute atomic E-state index is 12.5. The summed E-state index contributed by atoms with van der Waals surface area (Å²) >= 11 is 0. The van der Waals surface area contributed by atoms with Crippen LogP contribution < -0.4 is 0 Å². The highest BCUT2D eigenvalue weighted by molar-refractivity contribution is 7.89. The third-order valence-electron chi connectivity index (χ3n) is 2.96. The molecule has 104 valence electrons. The third-order valence-corrected chi connectivity index (χ3v) is 4.55. The molecule has 0 aliphatic carbocycles. The zero-order valence-corrected chi connectivity index (χ0v) is 11.7. The lowest BCUT2D eigenvalue weighted by Gasteiger charge is -2.06. The van der Waals surface area contributed by atoms with Crippen LogP contribution in [0.4, 0.5) is 0 Å². The summed E-state index contributed by atoms with van der Waals surface area (Å²) in [4.78, 5) is 8.04. The Balaban J connectivity index is 2.06. The lowest BCUT2D eigenvalue weighted by atomic mass is 10.2. The molecule has 2 aromatic heterocycles. The first-order valence-electron chi connectivity index (χ1n) is 6.11. The minimum Gasteiger partial charge on any atom is -0.233 e. The van der Waals surface area contributed by atoms with E-state index >= 15 is 0 Å². The molecule has 21 heavy (non-hydrogen) atoms. The van der Waals surface area contributed by atoms with Gasteiger partial charge in [0.1, 0.15) is 11.6 Å². The molecule has 3 aromatic rings. The van der Waals surface area contributed by atoms with Crippen molar-refractivity contribution >= 4 is 21.2 Å². The standard InChI is InChI=1S/C14H10N4O2S/c15-8-12-9-16-14-13(17-12)6-7-18(14)21(19,20)10-11-4-2-1-3-5-11/h1-7,9H,10H2. The van der Waals surface area contributed by atoms with Crippen LogP contribution in [0.3, 0.4) is 0 Å². The molecule has 0 N–H and O–H groups in total. The van der Waals surface area contributed by atoms with Gasteiger partial charge in [-0.25, -0.2) is 22.4 Å². The largest absolute Gasteiger partial charge is 0.244 e. The quantitative estimate of drug-likeness (QED) is 0.734. The van der Waals surface area contributed by atoms with Gasteiger partial charge in [-0.1, -0.05) is 30.3 Å². The summed E-state index contributed by atoms with van der Waals surface area (Å²) < 4.78 is 26.0. The van der Waals surface area contributed by atoms with Crippen LogP contribution in [0.5, 0.6) is 0 Å². The normalized spacial score (nSPS) is 11.4. The van der Waals surface area contributed by atoms with Crippen LogP contribution in [-0.4, -0.2) is 22.4 Å². The molecular weight excluding hydrogens is 288 g/mol. The molecule has 0 saturated heterocycles. The summed E-state index contributed by atoms with van der Waals surface area (Å²) in [6.45, 7) is 0. The molecule has 0 radical (unpaired) electrons. The number of nitriles is 1. The average Bonchev–Trinajstić information content (AvgIpc) is 2.91. The fraction of sp³-hybridized carbons (Fsp3) is 0.0714. The zero-order chi connectivity index (χ0) is 14.9. The summed E-state index contributed by atoms with van der Waals surface area (Å²) in [5.74, 6) is -0.126. The van der Waals surface area contributed by atoms with Crippen LogP contribution in [0.15, 0.2) is 48.8 Å². The van der Waals surface area contributed by atoms with E-state index in [2.05, 4.69) is 9.97 Å². The van der Waals surface area contributed by atoms with E-state index in [1.807, 2.05) is 12.1 Å². The Morgan fingerprint density at radius 1 is 1.19 bits per heavy atom. The molecule has 0 bridgehead atoms. The van der Waals surface area contributed by atoms with E-state index in [-0.39, 0.29) is 17.1 Å². The Kier molecular flexibility index (Phi) is 3.16. The van der Waals surface area contributed by atoms with Gasteiger partial charge in [0, 0.05) is 6.20 Å². The summed E-state index contributed by atoms with van der Waals surface area (Å²) in [6, 6.07) is 12.3. The molecule has 0 atom stereocenters. The molecular formula is C14H10N4O2S. The van der Waals surface area contributed by atoms with E-state index in [9.17, 15) is 8.42 Å². The molecule has 7 heteroatoms. The summed E-state index contributed by atoms with van der Waals surface area (Å²) in [5.41, 5.74) is 1.46. The van der Waals surface area contributed by atoms with Gasteiger partial charge in [-0.2, -0.15) is 5.26 Å². The number of aromatic nitrogens is 3. The van der Waals surface area contributed by atoms with E-state index in [1.165, 1.54) is 18.5 Å². The second kappa shape index (κ2) is 5.00. The molecule has 2 heterocycles. The van der Waals surface area contributed by atoms with Gasteiger partial charge in [0.25, 0.3) is 0 Å². The van der Waals surface area contributed by atoms with E-state index < -0.39 is 10.0 Å². The Bertz CT molecular complexity index is 940. The van der Waals surface area contributed by atoms with E-state index in [0.717, 1.165) is 3.97 Å². The van der Waals surface area contributed by atoms with Gasteiger partial charge < -0.3 is 0 Å². The molecule has 3 rings (SSSR count). The van der Waals surface area contributed by atoms with E-state index in [0.29, 0.717) is 11.1 Å². The van der Waals surface area contributed by atoms with Crippen molar-refractivity contribution in [1.82, 2.24) is 13.9 Å². The third kappa shape index (κ3) is 2.49. The number of nitrogens with zero attached hydrogens (tertiary/aromatic N) is 4. The fourth-order valence-corrected chi connectivity index (χ4v) is 3.42. The lowest BCUT2D eigenvalue weighted by Crippen LogP contribution is -2.14. The van der Waals surface area contributed by atoms with Gasteiger partial charge in [-0.05, 0) is 11.6 Å². The molecule has 0 saturated carbocycles. The predicted molar refractivity (Wildman–Crippen MR) is 76.7 cm³/mol. The highest BCUT2D eigenvalue weighted by atomic mass is 32.2. The zero-order valence-electron chi connectivity index (χ0n) is 10.8. The van der Waals surface area contributed by atoms with Crippen LogP contribution >= 0.6 is 0 Å². The SMILES string of the molecule is N#Cc1cnc2c(ccn2S(=O)(=O)Cc2ccccc2)n1. The summed E-state index contributed by atoms with van der Waals surface area (Å²) in [7, 11) is -3.58. The number of benzene rings is 1. The summed E-state index contributed by atoms with van der Waals surface area (Å²) in [6.07, 6.45) is 2.67. The molecule has 6 nitrogen and oxygen atoms in total. The maximum atomic E-state index is 12.5. The van der Waals surface area contributed by atoms with Crippen molar-refractivity contribution in [2.45, 2.75) is 5.75 Å². The second-order valence-corrected chi connectivity index (χ2v) is 6.28. The highest BCUT2D eigenvalue weighted by Crippen LogP contribution is 2.16. The van der Waals surface area contributed by atoms with E-state index in [4.69, 9.17) is 5.26 Å². The number of hydrogen-bond donors (Lipinski definition) is 0. The maximum Gasteiger partial charge on any atom is 0.244 e. The van der Waals surface area contributed by atoms with Gasteiger partial charge in [0.2, 0.25) is 10.0 Å². The second-order valence-electron chi connectivity index (χ2n) is 4.43. The average molecular weight is 298 g/mol. The first-order chi connectivity index (χ1) is 10.1. The van der Waals surface area contributed by atoms with Crippen molar-refractivity contribution in [1.29, 1.82) is 5.26 Å². The van der Waals surface area contributed by atoms with Gasteiger partial charge in [0.15, 0.2) is 11.3 Å². The first-order valence-corrected chi connectivity index (χ1v) is 7.72. The van der Waals surface area contributed by atoms with Crippen LogP contribution in [0, 0.1) is 11.3 Å². The molecule has 0 aliphatic heterocycles. The van der Waals surface area contributed by atoms with Crippen molar-refractivity contribution in [3.63, 3.8) is 0 Å². The molecule has 0 spiro atoms. The topological polar surface area (TPSA) is 88.6 Å². The number of fused-ring (bicyclic) bond motifs is 1. The van der Waals surface area contributed by atoms with Crippen LogP contribution in [0.25, 0.3) is 11.2 Å². The van der Waals surface area contributed by atoms with Crippen molar-refractivity contribution in [2.75, 3.05) is 0 Å². The van der Waals surface area contributed by atoms with Crippen LogP contribution in [-0.2, 0) is 15.8 Å². The molecule has 0 fully saturated rings. The van der Waals surface area contributed by atoms with Crippen molar-refractivity contribution < 1.29 is 8.42 Å². The van der Waals surface area contributed by atoms with Crippen LogP contribution in [0.2, 0.25) is 0 Å². The number of hydrogen-bond acceptors (Lipinski definition) is 5. The minimum absolute atomic E-state index is 0.126. The monoisotopic (exact) mass is 298 g/mol. The Morgan fingerprint density at radius 3 is 2.67 bits per heavy atom. The van der Waals surface area contributed by atoms with Crippen molar-refractivity contribution in [3.8, 4) is 6.07 Å². The Labute approximate surface area is 121 Å². The summed E-state index contributed by atoms with van der Waals surface area (Å²) in [5, 5.41) is 8.78. The van der Waals surface area contributed by atoms with E-state index in [1.54, 1.807) is 24.3 Å².